The lowest BCUT2D eigenvalue weighted by molar-refractivity contribution is 0.445. The van der Waals surface area contributed by atoms with E-state index in [0.717, 1.165) is 40.9 Å². The Kier molecular flexibility index (Phi) is 3.70. The Morgan fingerprint density at radius 2 is 2.20 bits per heavy atom. The van der Waals surface area contributed by atoms with Gasteiger partial charge in [0.25, 0.3) is 0 Å². The molecule has 1 unspecified atom stereocenters. The van der Waals surface area contributed by atoms with Crippen molar-refractivity contribution in [1.29, 1.82) is 0 Å². The summed E-state index contributed by atoms with van der Waals surface area (Å²) in [5.74, 6) is 1.82. The number of halogens is 1. The van der Waals surface area contributed by atoms with Gasteiger partial charge in [0, 0.05) is 35.9 Å². The van der Waals surface area contributed by atoms with Crippen molar-refractivity contribution in [2.75, 3.05) is 30.4 Å². The summed E-state index contributed by atoms with van der Waals surface area (Å²) >= 11 is 6.15. The number of hydrogen-bond donors (Lipinski definition) is 1. The number of rotatable bonds is 2. The monoisotopic (exact) mass is 289 g/mol. The first-order valence-electron chi connectivity index (χ1n) is 7.20. The minimum atomic E-state index is 0.733. The molecule has 0 bridgehead atoms. The molecule has 1 aromatic carbocycles. The number of fused-ring (bicyclic) bond motifs is 1. The van der Waals surface area contributed by atoms with E-state index >= 15 is 0 Å². The maximum absolute atomic E-state index is 6.15. The zero-order valence-corrected chi connectivity index (χ0v) is 12.7. The summed E-state index contributed by atoms with van der Waals surface area (Å²) in [6.45, 7) is 4.49. The molecule has 1 aliphatic rings. The van der Waals surface area contributed by atoms with Crippen LogP contribution >= 0.6 is 11.6 Å². The zero-order chi connectivity index (χ0) is 14.1. The molecule has 4 heteroatoms. The molecule has 3 rings (SSSR count). The van der Waals surface area contributed by atoms with Gasteiger partial charge in [-0.05, 0) is 37.0 Å². The average Bonchev–Trinajstić information content (AvgIpc) is 2.46. The molecule has 0 spiro atoms. The van der Waals surface area contributed by atoms with Gasteiger partial charge in [-0.1, -0.05) is 18.5 Å². The van der Waals surface area contributed by atoms with Gasteiger partial charge in [0.05, 0.1) is 11.9 Å². The van der Waals surface area contributed by atoms with Gasteiger partial charge in [-0.3, -0.25) is 0 Å². The lowest BCUT2D eigenvalue weighted by Gasteiger charge is -2.32. The topological polar surface area (TPSA) is 28.2 Å². The Morgan fingerprint density at radius 1 is 1.35 bits per heavy atom. The average molecular weight is 290 g/mol. The second-order valence-corrected chi connectivity index (χ2v) is 6.07. The number of piperidine rings is 1. The summed E-state index contributed by atoms with van der Waals surface area (Å²) in [7, 11) is 1.92. The van der Waals surface area contributed by atoms with Crippen molar-refractivity contribution in [3.05, 3.63) is 29.4 Å². The molecule has 2 aromatic rings. The van der Waals surface area contributed by atoms with Gasteiger partial charge in [-0.15, -0.1) is 0 Å². The fourth-order valence-corrected chi connectivity index (χ4v) is 3.20. The predicted octanol–water partition coefficient (Wildman–Crippen LogP) is 4.17. The Balaban J connectivity index is 2.11. The fourth-order valence-electron chi connectivity index (χ4n) is 3.03. The summed E-state index contributed by atoms with van der Waals surface area (Å²) < 4.78 is 0. The van der Waals surface area contributed by atoms with Gasteiger partial charge in [-0.25, -0.2) is 4.98 Å². The van der Waals surface area contributed by atoms with E-state index in [2.05, 4.69) is 28.2 Å². The van der Waals surface area contributed by atoms with Crippen LogP contribution in [-0.2, 0) is 0 Å². The maximum atomic E-state index is 6.15. The number of benzene rings is 1. The predicted molar refractivity (Wildman–Crippen MR) is 86.9 cm³/mol. The standard InChI is InChI=1S/C16H20ClN3/c1-11-4-3-7-20(10-11)16-13-6-5-12(17)8-14(13)15(18-2)9-19-16/h5-6,8-9,11,18H,3-4,7,10H2,1-2H3. The number of anilines is 2. The summed E-state index contributed by atoms with van der Waals surface area (Å²) in [6.07, 6.45) is 4.47. The van der Waals surface area contributed by atoms with Crippen molar-refractivity contribution in [1.82, 2.24) is 4.98 Å². The van der Waals surface area contributed by atoms with E-state index in [4.69, 9.17) is 11.6 Å². The minimum absolute atomic E-state index is 0.733. The van der Waals surface area contributed by atoms with Crippen LogP contribution in [0.2, 0.25) is 5.02 Å². The van der Waals surface area contributed by atoms with Crippen molar-refractivity contribution < 1.29 is 0 Å². The molecule has 20 heavy (non-hydrogen) atoms. The molecule has 1 aromatic heterocycles. The third-order valence-corrected chi connectivity index (χ3v) is 4.29. The van der Waals surface area contributed by atoms with Gasteiger partial charge in [-0.2, -0.15) is 0 Å². The summed E-state index contributed by atoms with van der Waals surface area (Å²) in [4.78, 5) is 7.09. The quantitative estimate of drug-likeness (QED) is 0.899. The number of nitrogens with one attached hydrogen (secondary N) is 1. The first-order chi connectivity index (χ1) is 9.69. The second kappa shape index (κ2) is 5.49. The molecule has 0 amide bonds. The molecule has 106 valence electrons. The molecule has 1 aliphatic heterocycles. The molecular formula is C16H20ClN3. The van der Waals surface area contributed by atoms with Gasteiger partial charge in [0.2, 0.25) is 0 Å². The Morgan fingerprint density at radius 3 is 2.95 bits per heavy atom. The van der Waals surface area contributed by atoms with E-state index < -0.39 is 0 Å². The van der Waals surface area contributed by atoms with Crippen molar-refractivity contribution in [2.45, 2.75) is 19.8 Å². The highest BCUT2D eigenvalue weighted by Crippen LogP contribution is 2.33. The Labute approximate surface area is 124 Å². The number of aromatic nitrogens is 1. The first-order valence-corrected chi connectivity index (χ1v) is 7.58. The largest absolute Gasteiger partial charge is 0.386 e. The van der Waals surface area contributed by atoms with Crippen LogP contribution < -0.4 is 10.2 Å². The van der Waals surface area contributed by atoms with Gasteiger partial charge in [0.1, 0.15) is 5.82 Å². The van der Waals surface area contributed by atoms with E-state index in [1.807, 2.05) is 25.4 Å². The second-order valence-electron chi connectivity index (χ2n) is 5.63. The third kappa shape index (κ3) is 2.42. The molecule has 3 nitrogen and oxygen atoms in total. The lowest BCUT2D eigenvalue weighted by Crippen LogP contribution is -2.34. The molecule has 1 saturated heterocycles. The molecule has 1 fully saturated rings. The van der Waals surface area contributed by atoms with Crippen molar-refractivity contribution in [3.8, 4) is 0 Å². The first kappa shape index (κ1) is 13.5. The van der Waals surface area contributed by atoms with Crippen molar-refractivity contribution in [2.24, 2.45) is 5.92 Å². The highest BCUT2D eigenvalue weighted by molar-refractivity contribution is 6.31. The van der Waals surface area contributed by atoms with Crippen LogP contribution in [0.1, 0.15) is 19.8 Å². The van der Waals surface area contributed by atoms with Crippen LogP contribution in [0.5, 0.6) is 0 Å². The normalized spacial score (nSPS) is 19.4. The Bertz CT molecular complexity index is 626. The van der Waals surface area contributed by atoms with Gasteiger partial charge >= 0.3 is 0 Å². The molecule has 1 atom stereocenters. The van der Waals surface area contributed by atoms with E-state index in [0.29, 0.717) is 0 Å². The minimum Gasteiger partial charge on any atom is -0.386 e. The number of nitrogens with zero attached hydrogens (tertiary/aromatic N) is 2. The van der Waals surface area contributed by atoms with Crippen LogP contribution in [0.3, 0.4) is 0 Å². The van der Waals surface area contributed by atoms with Crippen LogP contribution in [0.15, 0.2) is 24.4 Å². The van der Waals surface area contributed by atoms with E-state index in [9.17, 15) is 0 Å². The molecule has 0 radical (unpaired) electrons. The smallest absolute Gasteiger partial charge is 0.136 e. The summed E-state index contributed by atoms with van der Waals surface area (Å²) in [6, 6.07) is 6.04. The van der Waals surface area contributed by atoms with Gasteiger partial charge < -0.3 is 10.2 Å². The third-order valence-electron chi connectivity index (χ3n) is 4.05. The summed E-state index contributed by atoms with van der Waals surface area (Å²) in [5.41, 5.74) is 1.02. The van der Waals surface area contributed by atoms with E-state index in [1.54, 1.807) is 0 Å². The van der Waals surface area contributed by atoms with Crippen LogP contribution in [0.4, 0.5) is 11.5 Å². The van der Waals surface area contributed by atoms with E-state index in [-0.39, 0.29) is 0 Å². The van der Waals surface area contributed by atoms with Crippen LogP contribution in [0.25, 0.3) is 10.8 Å². The van der Waals surface area contributed by atoms with Crippen LogP contribution in [0, 0.1) is 5.92 Å². The molecule has 0 saturated carbocycles. The maximum Gasteiger partial charge on any atom is 0.136 e. The van der Waals surface area contributed by atoms with Crippen molar-refractivity contribution in [3.63, 3.8) is 0 Å². The lowest BCUT2D eigenvalue weighted by atomic mass is 9.99. The molecule has 0 aliphatic carbocycles. The van der Waals surface area contributed by atoms with Gasteiger partial charge in [0.15, 0.2) is 0 Å². The van der Waals surface area contributed by atoms with Crippen LogP contribution in [-0.4, -0.2) is 25.1 Å². The zero-order valence-electron chi connectivity index (χ0n) is 12.0. The SMILES string of the molecule is CNc1cnc(N2CCCC(C)C2)c2ccc(Cl)cc12. The number of pyridine rings is 1. The molecule has 2 heterocycles. The van der Waals surface area contributed by atoms with E-state index in [1.165, 1.54) is 18.2 Å². The Hall–Kier alpha value is -1.48. The molecular weight excluding hydrogens is 270 g/mol. The highest BCUT2D eigenvalue weighted by Gasteiger charge is 2.20. The summed E-state index contributed by atoms with van der Waals surface area (Å²) in [5, 5.41) is 6.28. The number of hydrogen-bond acceptors (Lipinski definition) is 3. The molecule has 1 N–H and O–H groups in total. The fraction of sp³-hybridized carbons (Fsp3) is 0.438. The highest BCUT2D eigenvalue weighted by atomic mass is 35.5. The van der Waals surface area contributed by atoms with Crippen molar-refractivity contribution >= 4 is 33.9 Å².